The van der Waals surface area contributed by atoms with Crippen LogP contribution in [-0.2, 0) is 11.2 Å². The molecule has 2 heterocycles. The third-order valence-corrected chi connectivity index (χ3v) is 5.98. The minimum absolute atomic E-state index is 0.162. The highest BCUT2D eigenvalue weighted by molar-refractivity contribution is 7.99. The van der Waals surface area contributed by atoms with Crippen molar-refractivity contribution in [2.75, 3.05) is 5.75 Å². The number of carbonyl (C=O) groups is 1. The standard InChI is InChI=1S/C25H24N4OS/c1-18(2)20-10-8-19(9-11-20)16-23(30)17-31-25-28-27-24(21-12-14-26-15-13-21)29(25)22-6-4-3-5-7-22/h3-15,18H,16-17H2,1-2H3. The van der Waals surface area contributed by atoms with E-state index in [2.05, 4.69) is 41.2 Å². The van der Waals surface area contributed by atoms with Crippen molar-refractivity contribution in [3.8, 4) is 17.1 Å². The lowest BCUT2D eigenvalue weighted by Crippen LogP contribution is -2.07. The number of thioether (sulfide) groups is 1. The minimum Gasteiger partial charge on any atom is -0.298 e. The Labute approximate surface area is 186 Å². The molecule has 0 atom stereocenters. The SMILES string of the molecule is CC(C)c1ccc(CC(=O)CSc2nnc(-c3ccncc3)n2-c2ccccc2)cc1. The molecule has 4 rings (SSSR count). The second kappa shape index (κ2) is 9.71. The summed E-state index contributed by atoms with van der Waals surface area (Å²) in [6.45, 7) is 4.33. The first-order valence-corrected chi connectivity index (χ1v) is 11.2. The second-order valence-corrected chi connectivity index (χ2v) is 8.56. The molecule has 2 aromatic carbocycles. The average molecular weight is 429 g/mol. The summed E-state index contributed by atoms with van der Waals surface area (Å²) in [6.07, 6.45) is 3.89. The van der Waals surface area contributed by atoms with Gasteiger partial charge in [-0.3, -0.25) is 14.3 Å². The number of pyridine rings is 1. The van der Waals surface area contributed by atoms with Gasteiger partial charge in [0.15, 0.2) is 11.0 Å². The lowest BCUT2D eigenvalue weighted by molar-refractivity contribution is -0.116. The number of benzene rings is 2. The fourth-order valence-corrected chi connectivity index (χ4v) is 4.12. The molecule has 0 N–H and O–H groups in total. The lowest BCUT2D eigenvalue weighted by Gasteiger charge is -2.10. The largest absolute Gasteiger partial charge is 0.298 e. The van der Waals surface area contributed by atoms with Gasteiger partial charge >= 0.3 is 0 Å². The van der Waals surface area contributed by atoms with E-state index in [0.717, 1.165) is 22.6 Å². The van der Waals surface area contributed by atoms with E-state index in [1.807, 2.05) is 59.2 Å². The molecule has 0 saturated heterocycles. The second-order valence-electron chi connectivity index (χ2n) is 7.61. The maximum Gasteiger partial charge on any atom is 0.196 e. The molecule has 156 valence electrons. The highest BCUT2D eigenvalue weighted by Gasteiger charge is 2.17. The van der Waals surface area contributed by atoms with Crippen LogP contribution in [0.5, 0.6) is 0 Å². The number of hydrogen-bond donors (Lipinski definition) is 0. The molecule has 6 heteroatoms. The fourth-order valence-electron chi connectivity index (χ4n) is 3.31. The minimum atomic E-state index is 0.162. The zero-order valence-electron chi connectivity index (χ0n) is 17.6. The molecule has 0 radical (unpaired) electrons. The van der Waals surface area contributed by atoms with Crippen LogP contribution in [0.4, 0.5) is 0 Å². The molecule has 0 bridgehead atoms. The van der Waals surface area contributed by atoms with Crippen LogP contribution in [0.25, 0.3) is 17.1 Å². The third-order valence-electron chi connectivity index (χ3n) is 5.00. The molecule has 0 spiro atoms. The molecular weight excluding hydrogens is 404 g/mol. The third kappa shape index (κ3) is 5.09. The number of carbonyl (C=O) groups excluding carboxylic acids is 1. The van der Waals surface area contributed by atoms with E-state index in [1.165, 1.54) is 17.3 Å². The Hall–Kier alpha value is -3.25. The van der Waals surface area contributed by atoms with Crippen molar-refractivity contribution in [2.24, 2.45) is 0 Å². The predicted octanol–water partition coefficient (Wildman–Crippen LogP) is 5.36. The van der Waals surface area contributed by atoms with Gasteiger partial charge in [0.1, 0.15) is 5.78 Å². The Bertz CT molecular complexity index is 1140. The number of hydrogen-bond acceptors (Lipinski definition) is 5. The van der Waals surface area contributed by atoms with Gasteiger partial charge in [-0.15, -0.1) is 10.2 Å². The summed E-state index contributed by atoms with van der Waals surface area (Å²) in [5.74, 6) is 1.72. The Morgan fingerprint density at radius 2 is 1.65 bits per heavy atom. The van der Waals surface area contributed by atoms with E-state index >= 15 is 0 Å². The predicted molar refractivity (Wildman–Crippen MR) is 125 cm³/mol. The quantitative estimate of drug-likeness (QED) is 0.354. The molecule has 0 aliphatic heterocycles. The summed E-state index contributed by atoms with van der Waals surface area (Å²) in [5.41, 5.74) is 4.20. The first-order chi connectivity index (χ1) is 15.1. The Balaban J connectivity index is 1.52. The molecule has 0 aliphatic carbocycles. The van der Waals surface area contributed by atoms with E-state index in [-0.39, 0.29) is 5.78 Å². The van der Waals surface area contributed by atoms with Crippen LogP contribution in [0.2, 0.25) is 0 Å². The normalized spacial score (nSPS) is 11.1. The molecule has 0 saturated carbocycles. The number of nitrogens with zero attached hydrogens (tertiary/aromatic N) is 4. The van der Waals surface area contributed by atoms with Crippen molar-refractivity contribution in [1.29, 1.82) is 0 Å². The van der Waals surface area contributed by atoms with Crippen LogP contribution in [0, 0.1) is 0 Å². The summed E-state index contributed by atoms with van der Waals surface area (Å²) in [6, 6.07) is 22.1. The van der Waals surface area contributed by atoms with Crippen molar-refractivity contribution in [1.82, 2.24) is 19.7 Å². The van der Waals surface area contributed by atoms with Crippen molar-refractivity contribution in [3.63, 3.8) is 0 Å². The van der Waals surface area contributed by atoms with Gasteiger partial charge in [-0.1, -0.05) is 68.1 Å². The van der Waals surface area contributed by atoms with Gasteiger partial charge in [0.05, 0.1) is 5.75 Å². The monoisotopic (exact) mass is 428 g/mol. The maximum absolute atomic E-state index is 12.6. The Kier molecular flexibility index (Phi) is 6.57. The van der Waals surface area contributed by atoms with Crippen LogP contribution >= 0.6 is 11.8 Å². The number of ketones is 1. The maximum atomic E-state index is 12.6. The van der Waals surface area contributed by atoms with Crippen molar-refractivity contribution >= 4 is 17.5 Å². The highest BCUT2D eigenvalue weighted by Crippen LogP contribution is 2.28. The summed E-state index contributed by atoms with van der Waals surface area (Å²) in [4.78, 5) is 16.7. The van der Waals surface area contributed by atoms with Gasteiger partial charge in [0, 0.05) is 30.1 Å². The van der Waals surface area contributed by atoms with Gasteiger partial charge in [0.25, 0.3) is 0 Å². The summed E-state index contributed by atoms with van der Waals surface area (Å²) in [5, 5.41) is 9.48. The van der Waals surface area contributed by atoms with Gasteiger partial charge in [0.2, 0.25) is 0 Å². The molecular formula is C25H24N4OS. The zero-order chi connectivity index (χ0) is 21.6. The summed E-state index contributed by atoms with van der Waals surface area (Å²) in [7, 11) is 0. The van der Waals surface area contributed by atoms with Crippen molar-refractivity contribution in [3.05, 3.63) is 90.3 Å². The van der Waals surface area contributed by atoms with Crippen LogP contribution in [0.1, 0.15) is 30.9 Å². The molecule has 0 amide bonds. The molecule has 0 fully saturated rings. The molecule has 0 aliphatic rings. The van der Waals surface area contributed by atoms with E-state index in [9.17, 15) is 4.79 Å². The molecule has 4 aromatic rings. The molecule has 5 nitrogen and oxygen atoms in total. The molecule has 0 unspecified atom stereocenters. The zero-order valence-corrected chi connectivity index (χ0v) is 18.4. The number of Topliss-reactive ketones (excluding diaryl/α,β-unsaturated/α-hetero) is 1. The van der Waals surface area contributed by atoms with Gasteiger partial charge in [-0.25, -0.2) is 0 Å². The van der Waals surface area contributed by atoms with Crippen LogP contribution in [0.15, 0.2) is 84.3 Å². The molecule has 31 heavy (non-hydrogen) atoms. The number of aromatic nitrogens is 4. The van der Waals surface area contributed by atoms with E-state index in [4.69, 9.17) is 0 Å². The first-order valence-electron chi connectivity index (χ1n) is 10.3. The van der Waals surface area contributed by atoms with E-state index < -0.39 is 0 Å². The van der Waals surface area contributed by atoms with Crippen LogP contribution < -0.4 is 0 Å². The Morgan fingerprint density at radius 3 is 2.32 bits per heavy atom. The Morgan fingerprint density at radius 1 is 0.935 bits per heavy atom. The van der Waals surface area contributed by atoms with Gasteiger partial charge in [-0.05, 0) is 41.3 Å². The van der Waals surface area contributed by atoms with E-state index in [1.54, 1.807) is 12.4 Å². The van der Waals surface area contributed by atoms with E-state index in [0.29, 0.717) is 23.2 Å². The van der Waals surface area contributed by atoms with Crippen molar-refractivity contribution in [2.45, 2.75) is 31.3 Å². The van der Waals surface area contributed by atoms with Crippen LogP contribution in [-0.4, -0.2) is 31.3 Å². The number of para-hydroxylation sites is 1. The van der Waals surface area contributed by atoms with Crippen LogP contribution in [0.3, 0.4) is 0 Å². The topological polar surface area (TPSA) is 60.7 Å². The highest BCUT2D eigenvalue weighted by atomic mass is 32.2. The first kappa shape index (κ1) is 21.0. The van der Waals surface area contributed by atoms with Crippen molar-refractivity contribution < 1.29 is 4.79 Å². The van der Waals surface area contributed by atoms with Gasteiger partial charge in [-0.2, -0.15) is 0 Å². The van der Waals surface area contributed by atoms with Gasteiger partial charge < -0.3 is 0 Å². The summed E-state index contributed by atoms with van der Waals surface area (Å²) >= 11 is 1.42. The fraction of sp³-hybridized carbons (Fsp3) is 0.200. The summed E-state index contributed by atoms with van der Waals surface area (Å²) < 4.78 is 1.99. The smallest absolute Gasteiger partial charge is 0.196 e. The average Bonchev–Trinajstić information content (AvgIpc) is 3.23. The lowest BCUT2D eigenvalue weighted by atomic mass is 10.0. The molecule has 2 aromatic heterocycles. The number of rotatable bonds is 8.